The van der Waals surface area contributed by atoms with Gasteiger partial charge in [0.15, 0.2) is 6.29 Å². The molecule has 21 heavy (non-hydrogen) atoms. The van der Waals surface area contributed by atoms with E-state index in [0.29, 0.717) is 5.56 Å². The number of hydrogen-bond donors (Lipinski definition) is 0. The fourth-order valence-electron chi connectivity index (χ4n) is 2.97. The highest BCUT2D eigenvalue weighted by molar-refractivity contribution is 6.09. The second-order valence-electron chi connectivity index (χ2n) is 5.05. The molecule has 0 aliphatic heterocycles. The summed E-state index contributed by atoms with van der Waals surface area (Å²) in [7, 11) is 0. The van der Waals surface area contributed by atoms with Crippen molar-refractivity contribution in [2.24, 2.45) is 0 Å². The topological polar surface area (TPSA) is 22.0 Å². The molecule has 2 nitrogen and oxygen atoms in total. The van der Waals surface area contributed by atoms with Gasteiger partial charge >= 0.3 is 0 Å². The number of carbonyl (C=O) groups is 1. The lowest BCUT2D eigenvalue weighted by molar-refractivity contribution is 0.112. The molecule has 0 saturated carbocycles. The highest BCUT2D eigenvalue weighted by atomic mass is 16.1. The van der Waals surface area contributed by atoms with Crippen molar-refractivity contribution in [1.82, 2.24) is 4.57 Å². The Balaban J connectivity index is 2.23. The average molecular weight is 271 g/mol. The molecule has 0 aliphatic carbocycles. The summed E-state index contributed by atoms with van der Waals surface area (Å²) in [6, 6.07) is 24.3. The van der Waals surface area contributed by atoms with Gasteiger partial charge in [0.2, 0.25) is 0 Å². The van der Waals surface area contributed by atoms with Gasteiger partial charge < -0.3 is 4.57 Å². The molecule has 100 valence electrons. The molecule has 0 radical (unpaired) electrons. The van der Waals surface area contributed by atoms with Gasteiger partial charge in [-0.25, -0.2) is 0 Å². The van der Waals surface area contributed by atoms with Gasteiger partial charge in [0.25, 0.3) is 0 Å². The van der Waals surface area contributed by atoms with Crippen molar-refractivity contribution in [3.8, 4) is 5.69 Å². The summed E-state index contributed by atoms with van der Waals surface area (Å²) in [5, 5.41) is 2.41. The van der Waals surface area contributed by atoms with E-state index in [-0.39, 0.29) is 0 Å². The minimum Gasteiger partial charge on any atom is -0.309 e. The van der Waals surface area contributed by atoms with Crippen molar-refractivity contribution in [3.05, 3.63) is 78.4 Å². The molecule has 0 atom stereocenters. The van der Waals surface area contributed by atoms with Crippen molar-refractivity contribution >= 4 is 28.1 Å². The first kappa shape index (κ1) is 11.9. The second kappa shape index (κ2) is 4.60. The van der Waals surface area contributed by atoms with Crippen molar-refractivity contribution < 1.29 is 4.79 Å². The zero-order valence-corrected chi connectivity index (χ0v) is 11.4. The fraction of sp³-hybridized carbons (Fsp3) is 0. The van der Waals surface area contributed by atoms with E-state index < -0.39 is 0 Å². The highest BCUT2D eigenvalue weighted by Crippen LogP contribution is 2.32. The Hall–Kier alpha value is -2.87. The van der Waals surface area contributed by atoms with E-state index in [9.17, 15) is 4.79 Å². The summed E-state index contributed by atoms with van der Waals surface area (Å²) < 4.78 is 2.16. The Kier molecular flexibility index (Phi) is 2.61. The summed E-state index contributed by atoms with van der Waals surface area (Å²) in [5.74, 6) is 0. The van der Waals surface area contributed by atoms with Crippen LogP contribution in [0.25, 0.3) is 27.5 Å². The first-order valence-electron chi connectivity index (χ1n) is 6.93. The SMILES string of the molecule is O=Cc1ccccc1-n1c2ccccc2c2ccccc21. The number of carbonyl (C=O) groups excluding carboxylic acids is 1. The maximum Gasteiger partial charge on any atom is 0.152 e. The van der Waals surface area contributed by atoms with Crippen LogP contribution in [-0.4, -0.2) is 10.9 Å². The largest absolute Gasteiger partial charge is 0.309 e. The van der Waals surface area contributed by atoms with Crippen LogP contribution >= 0.6 is 0 Å². The van der Waals surface area contributed by atoms with Gasteiger partial charge in [-0.1, -0.05) is 48.5 Å². The van der Waals surface area contributed by atoms with Crippen LogP contribution in [0.15, 0.2) is 72.8 Å². The summed E-state index contributed by atoms with van der Waals surface area (Å²) in [5.41, 5.74) is 3.86. The van der Waals surface area contributed by atoms with Crippen molar-refractivity contribution in [1.29, 1.82) is 0 Å². The number of hydrogen-bond acceptors (Lipinski definition) is 1. The lowest BCUT2D eigenvalue weighted by Crippen LogP contribution is -1.98. The van der Waals surface area contributed by atoms with E-state index >= 15 is 0 Å². The van der Waals surface area contributed by atoms with Crippen LogP contribution in [0.4, 0.5) is 0 Å². The van der Waals surface area contributed by atoms with Crippen LogP contribution in [0.3, 0.4) is 0 Å². The van der Waals surface area contributed by atoms with E-state index in [4.69, 9.17) is 0 Å². The van der Waals surface area contributed by atoms with Crippen molar-refractivity contribution in [2.75, 3.05) is 0 Å². The predicted molar refractivity (Wildman–Crippen MR) is 86.2 cm³/mol. The first-order chi connectivity index (χ1) is 10.4. The molecule has 0 aliphatic rings. The fourth-order valence-corrected chi connectivity index (χ4v) is 2.97. The van der Waals surface area contributed by atoms with Crippen molar-refractivity contribution in [3.63, 3.8) is 0 Å². The number of nitrogens with zero attached hydrogens (tertiary/aromatic N) is 1. The van der Waals surface area contributed by atoms with Crippen LogP contribution in [0.2, 0.25) is 0 Å². The molecule has 0 bridgehead atoms. The number of aromatic nitrogens is 1. The molecule has 1 aromatic heterocycles. The van der Waals surface area contributed by atoms with E-state index in [1.807, 2.05) is 48.5 Å². The summed E-state index contributed by atoms with van der Waals surface area (Å²) in [6.07, 6.45) is 0.916. The van der Waals surface area contributed by atoms with Crippen LogP contribution in [0.5, 0.6) is 0 Å². The molecule has 2 heteroatoms. The molecule has 0 saturated heterocycles. The van der Waals surface area contributed by atoms with Crippen molar-refractivity contribution in [2.45, 2.75) is 0 Å². The number of aldehydes is 1. The van der Waals surface area contributed by atoms with Gasteiger partial charge in [0.05, 0.1) is 16.7 Å². The number of fused-ring (bicyclic) bond motifs is 3. The zero-order chi connectivity index (χ0) is 14.2. The molecule has 3 aromatic carbocycles. The van der Waals surface area contributed by atoms with Crippen LogP contribution < -0.4 is 0 Å². The van der Waals surface area contributed by atoms with Crippen LogP contribution in [0.1, 0.15) is 10.4 Å². The average Bonchev–Trinajstić information content (AvgIpc) is 2.89. The van der Waals surface area contributed by atoms with Gasteiger partial charge in [-0.15, -0.1) is 0 Å². The highest BCUT2D eigenvalue weighted by Gasteiger charge is 2.13. The van der Waals surface area contributed by atoms with Gasteiger partial charge in [-0.2, -0.15) is 0 Å². The lowest BCUT2D eigenvalue weighted by atomic mass is 10.2. The number of rotatable bonds is 2. The molecule has 0 amide bonds. The van der Waals surface area contributed by atoms with E-state index in [1.165, 1.54) is 10.8 Å². The summed E-state index contributed by atoms with van der Waals surface area (Å²) in [4.78, 5) is 11.4. The Bertz CT molecular complexity index is 912. The van der Waals surface area contributed by atoms with Crippen LogP contribution in [-0.2, 0) is 0 Å². The molecule has 0 unspecified atom stereocenters. The van der Waals surface area contributed by atoms with Gasteiger partial charge in [0.1, 0.15) is 0 Å². The lowest BCUT2D eigenvalue weighted by Gasteiger charge is -2.09. The predicted octanol–water partition coefficient (Wildman–Crippen LogP) is 4.60. The third kappa shape index (κ3) is 1.69. The molecule has 4 aromatic rings. The maximum atomic E-state index is 11.4. The first-order valence-corrected chi connectivity index (χ1v) is 6.93. The van der Waals surface area contributed by atoms with Gasteiger partial charge in [-0.3, -0.25) is 4.79 Å². The number of benzene rings is 3. The Labute approximate surface area is 122 Å². The molecule has 0 spiro atoms. The summed E-state index contributed by atoms with van der Waals surface area (Å²) in [6.45, 7) is 0. The standard InChI is InChI=1S/C19H13NO/c21-13-14-7-1-4-10-17(14)20-18-11-5-2-8-15(18)16-9-3-6-12-19(16)20/h1-13H. The molecule has 0 N–H and O–H groups in total. The Morgan fingerprint density at radius 1 is 0.667 bits per heavy atom. The normalized spacial score (nSPS) is 11.0. The second-order valence-corrected chi connectivity index (χ2v) is 5.05. The third-order valence-corrected chi connectivity index (χ3v) is 3.88. The monoisotopic (exact) mass is 271 g/mol. The molecular weight excluding hydrogens is 258 g/mol. The molecule has 0 fully saturated rings. The molecule has 1 heterocycles. The van der Waals surface area contributed by atoms with E-state index in [0.717, 1.165) is 23.0 Å². The Morgan fingerprint density at radius 2 is 1.19 bits per heavy atom. The minimum atomic E-state index is 0.698. The van der Waals surface area contributed by atoms with E-state index in [2.05, 4.69) is 28.8 Å². The van der Waals surface area contributed by atoms with Gasteiger partial charge in [-0.05, 0) is 24.3 Å². The maximum absolute atomic E-state index is 11.4. The van der Waals surface area contributed by atoms with Gasteiger partial charge in [0, 0.05) is 16.3 Å². The van der Waals surface area contributed by atoms with Crippen LogP contribution in [0, 0.1) is 0 Å². The molecular formula is C19H13NO. The Morgan fingerprint density at radius 3 is 1.81 bits per heavy atom. The molecule has 4 rings (SSSR count). The minimum absolute atomic E-state index is 0.698. The quantitative estimate of drug-likeness (QED) is 0.488. The number of para-hydroxylation sites is 3. The zero-order valence-electron chi connectivity index (χ0n) is 11.4. The smallest absolute Gasteiger partial charge is 0.152 e. The third-order valence-electron chi connectivity index (χ3n) is 3.88. The van der Waals surface area contributed by atoms with E-state index in [1.54, 1.807) is 0 Å². The summed E-state index contributed by atoms with van der Waals surface area (Å²) >= 11 is 0.